The molecular weight excluding hydrogens is 475 g/mol. The van der Waals surface area contributed by atoms with Gasteiger partial charge in [-0.3, -0.25) is 9.80 Å². The molecule has 2 N–H and O–H groups in total. The zero-order valence-electron chi connectivity index (χ0n) is 19.5. The average molecular weight is 509 g/mol. The van der Waals surface area contributed by atoms with Gasteiger partial charge < -0.3 is 19.7 Å². The van der Waals surface area contributed by atoms with Crippen LogP contribution in [0.3, 0.4) is 0 Å². The summed E-state index contributed by atoms with van der Waals surface area (Å²) in [6.07, 6.45) is 0.470. The highest BCUT2D eigenvalue weighted by Crippen LogP contribution is 2.32. The fourth-order valence-corrected chi connectivity index (χ4v) is 5.81. The van der Waals surface area contributed by atoms with E-state index < -0.39 is 12.2 Å². The third-order valence-electron chi connectivity index (χ3n) is 6.83. The number of nitrogens with zero attached hydrogens (tertiary/aromatic N) is 2. The van der Waals surface area contributed by atoms with E-state index in [2.05, 4.69) is 21.9 Å². The molecule has 0 unspecified atom stereocenters. The Morgan fingerprint density at radius 1 is 1.06 bits per heavy atom. The monoisotopic (exact) mass is 508 g/mol. The van der Waals surface area contributed by atoms with Crippen molar-refractivity contribution < 1.29 is 19.7 Å². The van der Waals surface area contributed by atoms with Crippen LogP contribution in [0.5, 0.6) is 0 Å². The molecule has 2 saturated heterocycles. The topological polar surface area (TPSA) is 65.4 Å². The Morgan fingerprint density at radius 2 is 1.71 bits per heavy atom. The molecule has 0 amide bonds. The summed E-state index contributed by atoms with van der Waals surface area (Å²) in [5.41, 5.74) is 2.20. The Kier molecular flexibility index (Phi) is 9.24. The Morgan fingerprint density at radius 3 is 2.26 bits per heavy atom. The fourth-order valence-electron chi connectivity index (χ4n) is 5.39. The second-order valence-electron chi connectivity index (χ2n) is 9.30. The van der Waals surface area contributed by atoms with E-state index in [0.29, 0.717) is 36.3 Å². The molecule has 2 fully saturated rings. The number of ether oxygens (including phenoxy) is 2. The smallest absolute Gasteiger partial charge is 0.109 e. The van der Waals surface area contributed by atoms with Crippen molar-refractivity contribution in [2.45, 2.75) is 56.3 Å². The summed E-state index contributed by atoms with van der Waals surface area (Å²) in [7, 11) is 1.71. The first kappa shape index (κ1) is 25.9. The van der Waals surface area contributed by atoms with Crippen molar-refractivity contribution in [3.8, 4) is 0 Å². The highest BCUT2D eigenvalue weighted by atomic mass is 35.5. The number of methoxy groups -OCH3 is 1. The molecule has 2 aliphatic heterocycles. The molecule has 2 heterocycles. The van der Waals surface area contributed by atoms with Crippen molar-refractivity contribution in [2.75, 3.05) is 33.4 Å². The maximum absolute atomic E-state index is 11.1. The number of halogens is 2. The molecule has 2 aromatic rings. The van der Waals surface area contributed by atoms with E-state index in [9.17, 15) is 10.2 Å². The van der Waals surface area contributed by atoms with Gasteiger partial charge in [0.2, 0.25) is 0 Å². The number of benzene rings is 2. The normalized spacial score (nSPS) is 27.6. The lowest BCUT2D eigenvalue weighted by Crippen LogP contribution is -2.53. The summed E-state index contributed by atoms with van der Waals surface area (Å²) < 4.78 is 11.7. The van der Waals surface area contributed by atoms with E-state index in [1.165, 1.54) is 0 Å². The van der Waals surface area contributed by atoms with Gasteiger partial charge in [0.05, 0.1) is 25.4 Å². The number of rotatable bonds is 10. The molecule has 0 radical (unpaired) electrons. The summed E-state index contributed by atoms with van der Waals surface area (Å²) in [6.45, 7) is 3.22. The lowest BCUT2D eigenvalue weighted by Gasteiger charge is -2.36. The molecule has 2 aromatic carbocycles. The number of aliphatic hydroxyl groups is 2. The van der Waals surface area contributed by atoms with Crippen LogP contribution in [0.4, 0.5) is 0 Å². The van der Waals surface area contributed by atoms with Gasteiger partial charge in [-0.2, -0.15) is 0 Å². The molecule has 0 saturated carbocycles. The molecule has 34 heavy (non-hydrogen) atoms. The predicted octanol–water partition coefficient (Wildman–Crippen LogP) is 3.60. The van der Waals surface area contributed by atoms with E-state index in [4.69, 9.17) is 32.7 Å². The van der Waals surface area contributed by atoms with Gasteiger partial charge in [-0.05, 0) is 54.8 Å². The number of aliphatic hydroxyl groups excluding tert-OH is 2. The van der Waals surface area contributed by atoms with Gasteiger partial charge in [-0.1, -0.05) is 47.5 Å². The number of hydrogen-bond donors (Lipinski definition) is 2. The highest BCUT2D eigenvalue weighted by molar-refractivity contribution is 6.30. The van der Waals surface area contributed by atoms with Crippen LogP contribution in [0.15, 0.2) is 48.5 Å². The predicted molar refractivity (Wildman–Crippen MR) is 134 cm³/mol. The minimum Gasteiger partial charge on any atom is -0.394 e. The van der Waals surface area contributed by atoms with Crippen molar-refractivity contribution in [3.63, 3.8) is 0 Å². The van der Waals surface area contributed by atoms with Crippen molar-refractivity contribution in [2.24, 2.45) is 0 Å². The molecule has 5 atom stereocenters. The van der Waals surface area contributed by atoms with E-state index in [0.717, 1.165) is 30.5 Å². The molecule has 2 aliphatic rings. The first-order valence-electron chi connectivity index (χ1n) is 11.9. The Bertz CT molecular complexity index is 886. The molecule has 6 nitrogen and oxygen atoms in total. The maximum atomic E-state index is 11.1. The van der Waals surface area contributed by atoms with E-state index in [1.807, 2.05) is 36.4 Å². The van der Waals surface area contributed by atoms with Gasteiger partial charge in [0.15, 0.2) is 0 Å². The van der Waals surface area contributed by atoms with Crippen molar-refractivity contribution in [1.82, 2.24) is 9.80 Å². The molecule has 4 rings (SSSR count). The third kappa shape index (κ3) is 6.31. The third-order valence-corrected chi connectivity index (χ3v) is 7.30. The summed E-state index contributed by atoms with van der Waals surface area (Å²) in [5.74, 6) is 0. The molecule has 0 spiro atoms. The molecule has 0 aliphatic carbocycles. The van der Waals surface area contributed by atoms with E-state index in [1.54, 1.807) is 7.11 Å². The number of hydrogen-bond acceptors (Lipinski definition) is 6. The summed E-state index contributed by atoms with van der Waals surface area (Å²) in [4.78, 5) is 4.62. The summed E-state index contributed by atoms with van der Waals surface area (Å²) in [5, 5.41) is 22.4. The first-order valence-corrected chi connectivity index (χ1v) is 12.6. The van der Waals surface area contributed by atoms with Gasteiger partial charge >= 0.3 is 0 Å². The minimum atomic E-state index is -0.758. The van der Waals surface area contributed by atoms with Crippen LogP contribution in [0.1, 0.15) is 24.0 Å². The van der Waals surface area contributed by atoms with Crippen LogP contribution < -0.4 is 0 Å². The lowest BCUT2D eigenvalue weighted by atomic mass is 10.0. The van der Waals surface area contributed by atoms with Gasteiger partial charge in [0.1, 0.15) is 12.2 Å². The van der Waals surface area contributed by atoms with Crippen molar-refractivity contribution in [1.29, 1.82) is 0 Å². The number of likely N-dealkylation sites (tertiary alicyclic amines) is 1. The molecular formula is C26H34Cl2N2O4. The summed E-state index contributed by atoms with van der Waals surface area (Å²) >= 11 is 12.5. The summed E-state index contributed by atoms with van der Waals surface area (Å²) in [6, 6.07) is 15.7. The zero-order valence-corrected chi connectivity index (χ0v) is 21.0. The zero-order chi connectivity index (χ0) is 24.1. The van der Waals surface area contributed by atoms with Gasteiger partial charge in [0, 0.05) is 42.8 Å². The molecule has 0 bridgehead atoms. The largest absolute Gasteiger partial charge is 0.394 e. The van der Waals surface area contributed by atoms with Gasteiger partial charge in [-0.15, -0.1) is 0 Å². The Balaban J connectivity index is 1.58. The second-order valence-corrected chi connectivity index (χ2v) is 10.2. The first-order chi connectivity index (χ1) is 16.5. The molecule has 8 heteroatoms. The highest BCUT2D eigenvalue weighted by Gasteiger charge is 2.49. The average Bonchev–Trinajstić information content (AvgIpc) is 3.37. The standard InChI is InChI=1S/C26H34Cl2N2O4/c1-33-17-22-9-4-10-30(22)25-23(34-24(16-31)26(25)32)15-29(13-18-5-2-7-20(27)11-18)14-19-6-3-8-21(28)12-19/h2-3,5-8,11-12,22-26,31-32H,4,9-10,13-17H2,1H3/t22-,23-,24+,25+,26-/m1/s1. The van der Waals surface area contributed by atoms with E-state index in [-0.39, 0.29) is 24.8 Å². The molecule has 0 aromatic heterocycles. The fraction of sp³-hybridized carbons (Fsp3) is 0.538. The quantitative estimate of drug-likeness (QED) is 0.511. The van der Waals surface area contributed by atoms with Crippen LogP contribution in [0.25, 0.3) is 0 Å². The Hall–Kier alpha value is -1.22. The molecule has 186 valence electrons. The van der Waals surface area contributed by atoms with Crippen LogP contribution in [0.2, 0.25) is 10.0 Å². The van der Waals surface area contributed by atoms with Crippen LogP contribution in [-0.2, 0) is 22.6 Å². The van der Waals surface area contributed by atoms with Crippen LogP contribution >= 0.6 is 23.2 Å². The Labute approximate surface area is 212 Å². The maximum Gasteiger partial charge on any atom is 0.109 e. The lowest BCUT2D eigenvalue weighted by molar-refractivity contribution is -0.0331. The van der Waals surface area contributed by atoms with E-state index >= 15 is 0 Å². The van der Waals surface area contributed by atoms with Gasteiger partial charge in [-0.25, -0.2) is 0 Å². The van der Waals surface area contributed by atoms with Crippen molar-refractivity contribution >= 4 is 23.2 Å². The van der Waals surface area contributed by atoms with Crippen molar-refractivity contribution in [3.05, 3.63) is 69.7 Å². The SMILES string of the molecule is COC[C@H]1CCCN1[C@@H]1[C@H](O)[C@H](CO)O[C@@H]1CN(Cc1cccc(Cl)c1)Cc1cccc(Cl)c1. The van der Waals surface area contributed by atoms with Crippen LogP contribution in [0, 0.1) is 0 Å². The second kappa shape index (κ2) is 12.2. The van der Waals surface area contributed by atoms with Gasteiger partial charge in [0.25, 0.3) is 0 Å². The minimum absolute atomic E-state index is 0.207. The van der Waals surface area contributed by atoms with Crippen LogP contribution in [-0.4, -0.2) is 83.8 Å².